The lowest BCUT2D eigenvalue weighted by atomic mass is 9.94. The van der Waals surface area contributed by atoms with Gasteiger partial charge in [-0.15, -0.1) is 0 Å². The summed E-state index contributed by atoms with van der Waals surface area (Å²) in [5.41, 5.74) is -0.233. The Kier molecular flexibility index (Phi) is 4.31. The van der Waals surface area contributed by atoms with Crippen LogP contribution in [-0.4, -0.2) is 35.5 Å². The Bertz CT molecular complexity index is 304. The summed E-state index contributed by atoms with van der Waals surface area (Å²) in [6, 6.07) is 0. The third-order valence-corrected chi connectivity index (χ3v) is 2.93. The van der Waals surface area contributed by atoms with E-state index < -0.39 is 0 Å². The molecule has 1 rings (SSSR count). The maximum absolute atomic E-state index is 12.0. The molecule has 0 N–H and O–H groups in total. The highest BCUT2D eigenvalue weighted by molar-refractivity contribution is 6.03. The highest BCUT2D eigenvalue weighted by Gasteiger charge is 2.39. The molecule has 1 unspecified atom stereocenters. The molecule has 1 aliphatic rings. The zero-order valence-corrected chi connectivity index (χ0v) is 11.4. The zero-order valence-electron chi connectivity index (χ0n) is 11.4. The molecule has 0 bridgehead atoms. The molecule has 0 aliphatic carbocycles. The summed E-state index contributed by atoms with van der Waals surface area (Å²) in [6.45, 7) is 10.6. The van der Waals surface area contributed by atoms with Crippen LogP contribution < -0.4 is 0 Å². The predicted molar refractivity (Wildman–Crippen MR) is 65.4 cm³/mol. The fourth-order valence-electron chi connectivity index (χ4n) is 1.91. The first-order chi connectivity index (χ1) is 7.72. The van der Waals surface area contributed by atoms with Gasteiger partial charge in [0.1, 0.15) is 0 Å². The number of rotatable bonds is 4. The first-order valence-electron chi connectivity index (χ1n) is 6.20. The predicted octanol–water partition coefficient (Wildman–Crippen LogP) is 1.83. The highest BCUT2D eigenvalue weighted by Crippen LogP contribution is 2.26. The molecule has 0 saturated carbocycles. The Morgan fingerprint density at radius 1 is 1.35 bits per heavy atom. The van der Waals surface area contributed by atoms with Gasteiger partial charge >= 0.3 is 0 Å². The fourth-order valence-corrected chi connectivity index (χ4v) is 1.91. The second-order valence-electron chi connectivity index (χ2n) is 5.90. The summed E-state index contributed by atoms with van der Waals surface area (Å²) in [5.74, 6) is -0.0224. The van der Waals surface area contributed by atoms with E-state index in [1.165, 1.54) is 4.90 Å². The standard InChI is InChI=1S/C13H23NO3/c1-9(2)10-8-11(15)14(12(10)16)6-7-17-13(3,4)5/h9-10H,6-8H2,1-5H3. The molecule has 4 heteroatoms. The molecule has 0 spiro atoms. The number of hydrogen-bond acceptors (Lipinski definition) is 3. The second-order valence-corrected chi connectivity index (χ2v) is 5.90. The van der Waals surface area contributed by atoms with Gasteiger partial charge in [-0.05, 0) is 26.7 Å². The largest absolute Gasteiger partial charge is 0.374 e. The summed E-state index contributed by atoms with van der Waals surface area (Å²) in [5, 5.41) is 0. The third kappa shape index (κ3) is 3.80. The molecule has 1 fully saturated rings. The number of carbonyl (C=O) groups is 2. The summed E-state index contributed by atoms with van der Waals surface area (Å²) in [4.78, 5) is 25.0. The fraction of sp³-hybridized carbons (Fsp3) is 0.846. The lowest BCUT2D eigenvalue weighted by Crippen LogP contribution is -2.36. The van der Waals surface area contributed by atoms with Crippen molar-refractivity contribution in [3.63, 3.8) is 0 Å². The van der Waals surface area contributed by atoms with Crippen molar-refractivity contribution in [2.45, 2.75) is 46.6 Å². The molecule has 0 aromatic carbocycles. The Labute approximate surface area is 103 Å². The normalized spacial score (nSPS) is 21.8. The van der Waals surface area contributed by atoms with Crippen LogP contribution in [0, 0.1) is 11.8 Å². The summed E-state index contributed by atoms with van der Waals surface area (Å²) >= 11 is 0. The van der Waals surface area contributed by atoms with Crippen LogP contribution in [0.1, 0.15) is 41.0 Å². The zero-order chi connectivity index (χ0) is 13.2. The number of likely N-dealkylation sites (tertiary alicyclic amines) is 1. The van der Waals surface area contributed by atoms with Gasteiger partial charge in [0.05, 0.1) is 18.8 Å². The minimum absolute atomic E-state index is 0.0393. The lowest BCUT2D eigenvalue weighted by molar-refractivity contribution is -0.141. The lowest BCUT2D eigenvalue weighted by Gasteiger charge is -2.22. The molecule has 2 amide bonds. The van der Waals surface area contributed by atoms with Crippen LogP contribution in [0.3, 0.4) is 0 Å². The monoisotopic (exact) mass is 241 g/mol. The molecule has 4 nitrogen and oxygen atoms in total. The molecular formula is C13H23NO3. The number of nitrogens with zero attached hydrogens (tertiary/aromatic N) is 1. The maximum atomic E-state index is 12.0. The molecule has 0 aromatic heterocycles. The molecule has 0 aromatic rings. The van der Waals surface area contributed by atoms with E-state index in [1.807, 2.05) is 34.6 Å². The first-order valence-corrected chi connectivity index (χ1v) is 6.20. The van der Waals surface area contributed by atoms with E-state index in [9.17, 15) is 9.59 Å². The molecule has 98 valence electrons. The van der Waals surface area contributed by atoms with Crippen LogP contribution in [-0.2, 0) is 14.3 Å². The van der Waals surface area contributed by atoms with Gasteiger partial charge in [0.25, 0.3) is 0 Å². The van der Waals surface area contributed by atoms with Crippen molar-refractivity contribution in [1.29, 1.82) is 0 Å². The van der Waals surface area contributed by atoms with Crippen molar-refractivity contribution < 1.29 is 14.3 Å². The molecule has 1 atom stereocenters. The van der Waals surface area contributed by atoms with Gasteiger partial charge in [-0.2, -0.15) is 0 Å². The van der Waals surface area contributed by atoms with E-state index in [2.05, 4.69) is 0 Å². The van der Waals surface area contributed by atoms with Crippen molar-refractivity contribution in [3.8, 4) is 0 Å². The van der Waals surface area contributed by atoms with Crippen LogP contribution in [0.4, 0.5) is 0 Å². The molecule has 1 saturated heterocycles. The van der Waals surface area contributed by atoms with E-state index in [-0.39, 0.29) is 29.3 Å². The van der Waals surface area contributed by atoms with Crippen molar-refractivity contribution in [2.75, 3.05) is 13.2 Å². The van der Waals surface area contributed by atoms with E-state index in [1.54, 1.807) is 0 Å². The van der Waals surface area contributed by atoms with E-state index in [0.29, 0.717) is 19.6 Å². The van der Waals surface area contributed by atoms with Gasteiger partial charge < -0.3 is 4.74 Å². The van der Waals surface area contributed by atoms with Crippen LogP contribution >= 0.6 is 0 Å². The Balaban J connectivity index is 2.49. The number of carbonyl (C=O) groups excluding carboxylic acids is 2. The van der Waals surface area contributed by atoms with Crippen molar-refractivity contribution in [1.82, 2.24) is 4.90 Å². The van der Waals surface area contributed by atoms with Gasteiger partial charge in [0.15, 0.2) is 0 Å². The van der Waals surface area contributed by atoms with Gasteiger partial charge in [0.2, 0.25) is 11.8 Å². The Hall–Kier alpha value is -0.900. The van der Waals surface area contributed by atoms with E-state index >= 15 is 0 Å². The van der Waals surface area contributed by atoms with Gasteiger partial charge in [-0.1, -0.05) is 13.8 Å². The van der Waals surface area contributed by atoms with Crippen LogP contribution in [0.15, 0.2) is 0 Å². The molecule has 1 aliphatic heterocycles. The Morgan fingerprint density at radius 2 is 1.94 bits per heavy atom. The van der Waals surface area contributed by atoms with Crippen LogP contribution in [0.5, 0.6) is 0 Å². The van der Waals surface area contributed by atoms with Crippen molar-refractivity contribution in [3.05, 3.63) is 0 Å². The number of imide groups is 1. The van der Waals surface area contributed by atoms with Crippen molar-refractivity contribution in [2.24, 2.45) is 11.8 Å². The second kappa shape index (κ2) is 5.17. The summed E-state index contributed by atoms with van der Waals surface area (Å²) in [6.07, 6.45) is 0.353. The van der Waals surface area contributed by atoms with Gasteiger partial charge in [-0.25, -0.2) is 0 Å². The average molecular weight is 241 g/mol. The molecule has 0 radical (unpaired) electrons. The third-order valence-electron chi connectivity index (χ3n) is 2.93. The Morgan fingerprint density at radius 3 is 2.35 bits per heavy atom. The summed E-state index contributed by atoms with van der Waals surface area (Å²) < 4.78 is 5.54. The van der Waals surface area contributed by atoms with Crippen LogP contribution in [0.25, 0.3) is 0 Å². The maximum Gasteiger partial charge on any atom is 0.233 e. The average Bonchev–Trinajstić information content (AvgIpc) is 2.43. The van der Waals surface area contributed by atoms with Crippen LogP contribution in [0.2, 0.25) is 0 Å². The molecular weight excluding hydrogens is 218 g/mol. The number of ether oxygens (including phenoxy) is 1. The van der Waals surface area contributed by atoms with Gasteiger partial charge in [-0.3, -0.25) is 14.5 Å². The minimum Gasteiger partial charge on any atom is -0.374 e. The smallest absolute Gasteiger partial charge is 0.233 e. The number of hydrogen-bond donors (Lipinski definition) is 0. The molecule has 1 heterocycles. The van der Waals surface area contributed by atoms with E-state index in [0.717, 1.165) is 0 Å². The highest BCUT2D eigenvalue weighted by atomic mass is 16.5. The quantitative estimate of drug-likeness (QED) is 0.705. The minimum atomic E-state index is -0.233. The van der Waals surface area contributed by atoms with Gasteiger partial charge in [0, 0.05) is 12.3 Å². The number of amides is 2. The van der Waals surface area contributed by atoms with Crippen molar-refractivity contribution >= 4 is 11.8 Å². The molecule has 17 heavy (non-hydrogen) atoms. The first kappa shape index (κ1) is 14.2. The van der Waals surface area contributed by atoms with E-state index in [4.69, 9.17) is 4.74 Å². The summed E-state index contributed by atoms with van der Waals surface area (Å²) in [7, 11) is 0. The SMILES string of the molecule is CC(C)C1CC(=O)N(CCOC(C)(C)C)C1=O. The topological polar surface area (TPSA) is 46.6 Å².